The van der Waals surface area contributed by atoms with Gasteiger partial charge in [0.05, 0.1) is 0 Å². The van der Waals surface area contributed by atoms with Crippen molar-refractivity contribution in [1.82, 2.24) is 15.1 Å². The van der Waals surface area contributed by atoms with Gasteiger partial charge in [-0.2, -0.15) is 0 Å². The van der Waals surface area contributed by atoms with E-state index in [0.717, 1.165) is 33.0 Å². The fraction of sp³-hybridized carbons (Fsp3) is 0.256. The van der Waals surface area contributed by atoms with E-state index in [1.807, 2.05) is 98.8 Å². The van der Waals surface area contributed by atoms with Gasteiger partial charge < -0.3 is 15.1 Å². The van der Waals surface area contributed by atoms with Crippen molar-refractivity contribution < 1.29 is 14.4 Å². The molecule has 0 aromatic heterocycles. The first-order valence-electron chi connectivity index (χ1n) is 15.5. The maximum atomic E-state index is 14.1. The SMILES string of the molecule is C=Cc1ccccc1/C(=C\C)C(=O)N1C[C@H](C)CC1C(=O)N[C@@H](Cc1ccc2ccccc2c1)C(=O)N(C)Cc1ccccc1. The Bertz CT molecular complexity index is 1730. The van der Waals surface area contributed by atoms with Crippen LogP contribution in [0.15, 0.2) is 110 Å². The molecule has 230 valence electrons. The lowest BCUT2D eigenvalue weighted by molar-refractivity contribution is -0.139. The zero-order valence-corrected chi connectivity index (χ0v) is 26.3. The van der Waals surface area contributed by atoms with Crippen molar-refractivity contribution in [2.75, 3.05) is 13.6 Å². The summed E-state index contributed by atoms with van der Waals surface area (Å²) in [5, 5.41) is 5.27. The van der Waals surface area contributed by atoms with Crippen LogP contribution in [-0.4, -0.2) is 53.2 Å². The summed E-state index contributed by atoms with van der Waals surface area (Å²) in [4.78, 5) is 45.4. The highest BCUT2D eigenvalue weighted by Crippen LogP contribution is 2.30. The number of rotatable bonds is 10. The lowest BCUT2D eigenvalue weighted by Gasteiger charge is -2.29. The summed E-state index contributed by atoms with van der Waals surface area (Å²) >= 11 is 0. The van der Waals surface area contributed by atoms with Gasteiger partial charge in [-0.15, -0.1) is 0 Å². The number of carbonyl (C=O) groups is 3. The smallest absolute Gasteiger partial charge is 0.254 e. The lowest BCUT2D eigenvalue weighted by atomic mass is 9.98. The Balaban J connectivity index is 1.41. The minimum Gasteiger partial charge on any atom is -0.342 e. The number of likely N-dealkylation sites (N-methyl/N-ethyl adjacent to an activating group) is 1. The van der Waals surface area contributed by atoms with Gasteiger partial charge in [-0.05, 0) is 52.3 Å². The van der Waals surface area contributed by atoms with Crippen LogP contribution in [0.5, 0.6) is 0 Å². The molecule has 0 bridgehead atoms. The summed E-state index contributed by atoms with van der Waals surface area (Å²) in [7, 11) is 1.76. The number of likely N-dealkylation sites (tertiary alicyclic amines) is 1. The van der Waals surface area contributed by atoms with E-state index >= 15 is 0 Å². The molecule has 3 amide bonds. The molecule has 1 saturated heterocycles. The number of amides is 3. The van der Waals surface area contributed by atoms with Crippen molar-refractivity contribution in [1.29, 1.82) is 0 Å². The van der Waals surface area contributed by atoms with E-state index < -0.39 is 12.1 Å². The van der Waals surface area contributed by atoms with Gasteiger partial charge in [-0.25, -0.2) is 0 Å². The molecule has 1 aliphatic rings. The summed E-state index contributed by atoms with van der Waals surface area (Å²) in [6, 6.07) is 30.1. The lowest BCUT2D eigenvalue weighted by Crippen LogP contribution is -2.54. The molecule has 0 radical (unpaired) electrons. The Morgan fingerprint density at radius 2 is 1.62 bits per heavy atom. The molecule has 4 aromatic rings. The van der Waals surface area contributed by atoms with Crippen LogP contribution in [0, 0.1) is 5.92 Å². The van der Waals surface area contributed by atoms with Crippen molar-refractivity contribution in [2.24, 2.45) is 5.92 Å². The van der Waals surface area contributed by atoms with E-state index in [2.05, 4.69) is 24.0 Å². The minimum atomic E-state index is -0.803. The fourth-order valence-electron chi connectivity index (χ4n) is 6.26. The molecule has 5 rings (SSSR count). The van der Waals surface area contributed by atoms with Crippen LogP contribution in [0.1, 0.15) is 42.5 Å². The van der Waals surface area contributed by atoms with Crippen LogP contribution in [0.2, 0.25) is 0 Å². The number of nitrogens with zero attached hydrogens (tertiary/aromatic N) is 2. The molecule has 1 fully saturated rings. The number of hydrogen-bond acceptors (Lipinski definition) is 3. The topological polar surface area (TPSA) is 69.7 Å². The molecule has 1 N–H and O–H groups in total. The summed E-state index contributed by atoms with van der Waals surface area (Å²) in [5.41, 5.74) is 4.12. The average Bonchev–Trinajstić information content (AvgIpc) is 3.46. The fourth-order valence-corrected chi connectivity index (χ4v) is 6.26. The van der Waals surface area contributed by atoms with E-state index in [0.29, 0.717) is 31.5 Å². The van der Waals surface area contributed by atoms with Gasteiger partial charge in [-0.3, -0.25) is 14.4 Å². The number of fused-ring (bicyclic) bond motifs is 1. The van der Waals surface area contributed by atoms with Crippen molar-refractivity contribution in [3.05, 3.63) is 132 Å². The zero-order valence-electron chi connectivity index (χ0n) is 26.3. The maximum Gasteiger partial charge on any atom is 0.254 e. The zero-order chi connectivity index (χ0) is 31.9. The van der Waals surface area contributed by atoms with Gasteiger partial charge >= 0.3 is 0 Å². The molecule has 6 nitrogen and oxygen atoms in total. The van der Waals surface area contributed by atoms with Crippen LogP contribution in [0.3, 0.4) is 0 Å². The van der Waals surface area contributed by atoms with Crippen molar-refractivity contribution >= 4 is 40.1 Å². The number of nitrogens with one attached hydrogen (secondary N) is 1. The molecule has 6 heteroatoms. The third-order valence-electron chi connectivity index (χ3n) is 8.57. The van der Waals surface area contributed by atoms with Gasteiger partial charge in [0, 0.05) is 32.1 Å². The van der Waals surface area contributed by atoms with Crippen molar-refractivity contribution in [3.63, 3.8) is 0 Å². The van der Waals surface area contributed by atoms with Crippen molar-refractivity contribution in [2.45, 2.75) is 45.3 Å². The average molecular weight is 600 g/mol. The highest BCUT2D eigenvalue weighted by atomic mass is 16.2. The standard InChI is InChI=1S/C39H41N3O3/c1-5-30-16-12-13-19-34(30)33(6-2)38(44)42-25-27(3)22-36(42)37(43)40-35(39(45)41(4)26-28-14-8-7-9-15-28)24-29-20-21-31-17-10-11-18-32(31)23-29/h5-21,23,27,35-36H,1,22,24-26H2,2-4H3,(H,40,43)/b33-6+/t27-,35+,36?/m1/s1. The second-order valence-corrected chi connectivity index (χ2v) is 11.9. The number of allylic oxidation sites excluding steroid dienone is 1. The van der Waals surface area contributed by atoms with Gasteiger partial charge in [0.15, 0.2) is 0 Å². The van der Waals surface area contributed by atoms with Crippen LogP contribution >= 0.6 is 0 Å². The first kappa shape index (κ1) is 31.5. The molecule has 1 heterocycles. The predicted octanol–water partition coefficient (Wildman–Crippen LogP) is 6.51. The molecule has 1 aliphatic heterocycles. The Hall–Kier alpha value is -4.97. The molecule has 0 spiro atoms. The van der Waals surface area contributed by atoms with E-state index in [1.165, 1.54) is 0 Å². The second kappa shape index (κ2) is 14.2. The summed E-state index contributed by atoms with van der Waals surface area (Å²) < 4.78 is 0. The van der Waals surface area contributed by atoms with Crippen LogP contribution in [0.25, 0.3) is 22.4 Å². The van der Waals surface area contributed by atoms with E-state index in [4.69, 9.17) is 0 Å². The molecule has 45 heavy (non-hydrogen) atoms. The van der Waals surface area contributed by atoms with Crippen molar-refractivity contribution in [3.8, 4) is 0 Å². The Morgan fingerprint density at radius 3 is 2.36 bits per heavy atom. The highest BCUT2D eigenvalue weighted by molar-refractivity contribution is 6.21. The largest absolute Gasteiger partial charge is 0.342 e. The number of hydrogen-bond donors (Lipinski definition) is 1. The molecule has 0 saturated carbocycles. The van der Waals surface area contributed by atoms with E-state index in [-0.39, 0.29) is 23.6 Å². The highest BCUT2D eigenvalue weighted by Gasteiger charge is 2.40. The Labute approximate surface area is 266 Å². The third-order valence-corrected chi connectivity index (χ3v) is 8.57. The molecule has 4 aromatic carbocycles. The summed E-state index contributed by atoms with van der Waals surface area (Å²) in [6.45, 7) is 8.67. The maximum absolute atomic E-state index is 14.1. The first-order valence-corrected chi connectivity index (χ1v) is 15.5. The molecular formula is C39H41N3O3. The molecular weight excluding hydrogens is 558 g/mol. The second-order valence-electron chi connectivity index (χ2n) is 11.9. The third kappa shape index (κ3) is 7.23. The Morgan fingerprint density at radius 1 is 0.933 bits per heavy atom. The van der Waals surface area contributed by atoms with E-state index in [1.54, 1.807) is 29.0 Å². The van der Waals surface area contributed by atoms with Gasteiger partial charge in [0.2, 0.25) is 11.8 Å². The van der Waals surface area contributed by atoms with E-state index in [9.17, 15) is 14.4 Å². The normalized spacial score (nSPS) is 17.1. The predicted molar refractivity (Wildman–Crippen MR) is 182 cm³/mol. The first-order chi connectivity index (χ1) is 21.8. The Kier molecular flexibility index (Phi) is 9.93. The molecule has 1 unspecified atom stereocenters. The summed E-state index contributed by atoms with van der Waals surface area (Å²) in [5.74, 6) is -0.562. The monoisotopic (exact) mass is 599 g/mol. The number of carbonyl (C=O) groups excluding carboxylic acids is 3. The summed E-state index contributed by atoms with van der Waals surface area (Å²) in [6.07, 6.45) is 4.39. The quantitative estimate of drug-likeness (QED) is 0.211. The van der Waals surface area contributed by atoms with Crippen LogP contribution in [-0.2, 0) is 27.3 Å². The van der Waals surface area contributed by atoms with Gasteiger partial charge in [-0.1, -0.05) is 123 Å². The molecule has 3 atom stereocenters. The molecule has 0 aliphatic carbocycles. The number of benzene rings is 4. The van der Waals surface area contributed by atoms with Gasteiger partial charge in [0.25, 0.3) is 5.91 Å². The van der Waals surface area contributed by atoms with Gasteiger partial charge in [0.1, 0.15) is 12.1 Å². The minimum absolute atomic E-state index is 0.132. The van der Waals surface area contributed by atoms with Crippen LogP contribution < -0.4 is 5.32 Å². The van der Waals surface area contributed by atoms with Crippen LogP contribution in [0.4, 0.5) is 0 Å².